The van der Waals surface area contributed by atoms with E-state index >= 15 is 0 Å². The van der Waals surface area contributed by atoms with Gasteiger partial charge in [0.15, 0.2) is 0 Å². The molecule has 0 bridgehead atoms. The first-order chi connectivity index (χ1) is 7.36. The molecule has 0 spiro atoms. The summed E-state index contributed by atoms with van der Waals surface area (Å²) in [6.07, 6.45) is 0. The molecule has 0 heterocycles. The standard InChI is InChI=1S/C12H27N3O/c1-9(2)6-15(7-10(3)4)8-11(14-5)12(13)16/h9-11,14H,6-8H2,1-5H3,(H2,13,16). The number of primary amides is 1. The van der Waals surface area contributed by atoms with Crippen molar-refractivity contribution in [3.8, 4) is 0 Å². The van der Waals surface area contributed by atoms with Crippen LogP contribution in [0.1, 0.15) is 27.7 Å². The van der Waals surface area contributed by atoms with Gasteiger partial charge in [0.05, 0.1) is 6.04 Å². The number of carbonyl (C=O) groups excluding carboxylic acids is 1. The molecule has 0 aromatic carbocycles. The average molecular weight is 229 g/mol. The largest absolute Gasteiger partial charge is 0.368 e. The van der Waals surface area contributed by atoms with Gasteiger partial charge in [-0.1, -0.05) is 27.7 Å². The second kappa shape index (κ2) is 7.63. The van der Waals surface area contributed by atoms with E-state index in [1.54, 1.807) is 7.05 Å². The molecule has 96 valence electrons. The summed E-state index contributed by atoms with van der Waals surface area (Å²) in [5.74, 6) is 0.924. The Hall–Kier alpha value is -0.610. The van der Waals surface area contributed by atoms with Crippen molar-refractivity contribution >= 4 is 5.91 Å². The highest BCUT2D eigenvalue weighted by atomic mass is 16.1. The Balaban J connectivity index is 4.32. The molecule has 0 rings (SSSR count). The van der Waals surface area contributed by atoms with E-state index in [1.165, 1.54) is 0 Å². The number of rotatable bonds is 8. The van der Waals surface area contributed by atoms with Crippen LogP contribution in [0.25, 0.3) is 0 Å². The maximum atomic E-state index is 11.2. The molecule has 0 fully saturated rings. The number of carbonyl (C=O) groups is 1. The fourth-order valence-electron chi connectivity index (χ4n) is 1.84. The first-order valence-corrected chi connectivity index (χ1v) is 6.05. The topological polar surface area (TPSA) is 58.4 Å². The summed E-state index contributed by atoms with van der Waals surface area (Å²) in [6, 6.07) is -0.252. The van der Waals surface area contributed by atoms with Gasteiger partial charge in [-0.15, -0.1) is 0 Å². The van der Waals surface area contributed by atoms with E-state index in [9.17, 15) is 4.79 Å². The summed E-state index contributed by atoms with van der Waals surface area (Å²) in [6.45, 7) is 11.4. The number of nitrogens with one attached hydrogen (secondary N) is 1. The van der Waals surface area contributed by atoms with E-state index in [1.807, 2.05) is 0 Å². The van der Waals surface area contributed by atoms with E-state index < -0.39 is 0 Å². The van der Waals surface area contributed by atoms with Crippen LogP contribution in [0, 0.1) is 11.8 Å². The molecule has 0 radical (unpaired) electrons. The molecule has 0 saturated heterocycles. The third kappa shape index (κ3) is 6.80. The fourth-order valence-corrected chi connectivity index (χ4v) is 1.84. The fraction of sp³-hybridized carbons (Fsp3) is 0.917. The van der Waals surface area contributed by atoms with Crippen molar-refractivity contribution in [1.29, 1.82) is 0 Å². The Labute approximate surface area is 99.6 Å². The SMILES string of the molecule is CNC(CN(CC(C)C)CC(C)C)C(N)=O. The number of hydrogen-bond donors (Lipinski definition) is 2. The second-order valence-electron chi connectivity index (χ2n) is 5.25. The molecule has 0 aliphatic heterocycles. The van der Waals surface area contributed by atoms with Gasteiger partial charge >= 0.3 is 0 Å². The van der Waals surface area contributed by atoms with Crippen molar-refractivity contribution in [3.05, 3.63) is 0 Å². The minimum Gasteiger partial charge on any atom is -0.368 e. The van der Waals surface area contributed by atoms with Crippen molar-refractivity contribution in [3.63, 3.8) is 0 Å². The van der Waals surface area contributed by atoms with E-state index in [0.29, 0.717) is 18.4 Å². The number of amides is 1. The van der Waals surface area contributed by atoms with Crippen LogP contribution in [0.15, 0.2) is 0 Å². The predicted molar refractivity (Wildman–Crippen MR) is 68.2 cm³/mol. The molecule has 0 saturated carbocycles. The molecule has 1 unspecified atom stereocenters. The Bertz CT molecular complexity index is 194. The summed E-state index contributed by atoms with van der Waals surface area (Å²) < 4.78 is 0. The Kier molecular flexibility index (Phi) is 7.34. The van der Waals surface area contributed by atoms with E-state index in [0.717, 1.165) is 13.1 Å². The minimum atomic E-state index is -0.278. The number of likely N-dealkylation sites (N-methyl/N-ethyl adjacent to an activating group) is 1. The first kappa shape index (κ1) is 15.4. The predicted octanol–water partition coefficient (Wildman–Crippen LogP) is 0.674. The Morgan fingerprint density at radius 3 is 1.81 bits per heavy atom. The van der Waals surface area contributed by atoms with Crippen LogP contribution in [0.3, 0.4) is 0 Å². The van der Waals surface area contributed by atoms with Gasteiger partial charge in [-0.3, -0.25) is 4.79 Å². The van der Waals surface area contributed by atoms with E-state index in [2.05, 4.69) is 37.9 Å². The molecular weight excluding hydrogens is 202 g/mol. The van der Waals surface area contributed by atoms with Gasteiger partial charge in [0.1, 0.15) is 0 Å². The van der Waals surface area contributed by atoms with Gasteiger partial charge in [-0.05, 0) is 18.9 Å². The van der Waals surface area contributed by atoms with Crippen LogP contribution in [-0.4, -0.2) is 43.5 Å². The quantitative estimate of drug-likeness (QED) is 0.643. The zero-order valence-electron chi connectivity index (χ0n) is 11.3. The van der Waals surface area contributed by atoms with Crippen LogP contribution in [0.2, 0.25) is 0 Å². The van der Waals surface area contributed by atoms with Gasteiger partial charge in [-0.25, -0.2) is 0 Å². The minimum absolute atomic E-state index is 0.252. The molecule has 0 aliphatic carbocycles. The van der Waals surface area contributed by atoms with Gasteiger partial charge in [0.2, 0.25) is 5.91 Å². The summed E-state index contributed by atoms with van der Waals surface area (Å²) in [5.41, 5.74) is 5.33. The van der Waals surface area contributed by atoms with E-state index in [-0.39, 0.29) is 11.9 Å². The number of hydrogen-bond acceptors (Lipinski definition) is 3. The van der Waals surface area contributed by atoms with Crippen molar-refractivity contribution < 1.29 is 4.79 Å². The molecule has 1 amide bonds. The lowest BCUT2D eigenvalue weighted by Gasteiger charge is -2.28. The van der Waals surface area contributed by atoms with Gasteiger partial charge in [0, 0.05) is 19.6 Å². The van der Waals surface area contributed by atoms with E-state index in [4.69, 9.17) is 5.73 Å². The maximum absolute atomic E-state index is 11.2. The lowest BCUT2D eigenvalue weighted by Crippen LogP contribution is -2.49. The average Bonchev–Trinajstić information content (AvgIpc) is 2.11. The molecule has 4 nitrogen and oxygen atoms in total. The summed E-state index contributed by atoms with van der Waals surface area (Å²) in [7, 11) is 1.78. The van der Waals surface area contributed by atoms with Crippen molar-refractivity contribution in [2.24, 2.45) is 17.6 Å². The third-order valence-electron chi connectivity index (χ3n) is 2.38. The number of nitrogens with zero attached hydrogens (tertiary/aromatic N) is 1. The van der Waals surface area contributed by atoms with Crippen LogP contribution >= 0.6 is 0 Å². The smallest absolute Gasteiger partial charge is 0.235 e. The molecule has 0 aromatic rings. The van der Waals surface area contributed by atoms with Gasteiger partial charge in [0.25, 0.3) is 0 Å². The maximum Gasteiger partial charge on any atom is 0.235 e. The van der Waals surface area contributed by atoms with Gasteiger partial charge in [-0.2, -0.15) is 0 Å². The van der Waals surface area contributed by atoms with Crippen LogP contribution in [0.5, 0.6) is 0 Å². The van der Waals surface area contributed by atoms with Crippen LogP contribution in [-0.2, 0) is 4.79 Å². The monoisotopic (exact) mass is 229 g/mol. The zero-order chi connectivity index (χ0) is 12.7. The molecule has 1 atom stereocenters. The third-order valence-corrected chi connectivity index (χ3v) is 2.38. The van der Waals surface area contributed by atoms with Gasteiger partial charge < -0.3 is 16.0 Å². The lowest BCUT2D eigenvalue weighted by atomic mass is 10.1. The molecule has 0 aromatic heterocycles. The highest BCUT2D eigenvalue weighted by Crippen LogP contribution is 2.04. The highest BCUT2D eigenvalue weighted by molar-refractivity contribution is 5.80. The normalized spacial score (nSPS) is 13.8. The lowest BCUT2D eigenvalue weighted by molar-refractivity contribution is -0.120. The highest BCUT2D eigenvalue weighted by Gasteiger charge is 2.18. The number of nitrogens with two attached hydrogens (primary N) is 1. The molecular formula is C12H27N3O. The van der Waals surface area contributed by atoms with Crippen molar-refractivity contribution in [2.45, 2.75) is 33.7 Å². The summed E-state index contributed by atoms with van der Waals surface area (Å²) in [4.78, 5) is 13.5. The zero-order valence-corrected chi connectivity index (χ0v) is 11.3. The second-order valence-corrected chi connectivity index (χ2v) is 5.25. The summed E-state index contributed by atoms with van der Waals surface area (Å²) in [5, 5.41) is 2.96. The molecule has 0 aliphatic rings. The molecule has 16 heavy (non-hydrogen) atoms. The van der Waals surface area contributed by atoms with Crippen molar-refractivity contribution in [1.82, 2.24) is 10.2 Å². The Morgan fingerprint density at radius 2 is 1.56 bits per heavy atom. The van der Waals surface area contributed by atoms with Crippen LogP contribution < -0.4 is 11.1 Å². The molecule has 4 heteroatoms. The van der Waals surface area contributed by atoms with Crippen molar-refractivity contribution in [2.75, 3.05) is 26.7 Å². The molecule has 3 N–H and O–H groups in total. The van der Waals surface area contributed by atoms with Crippen LogP contribution in [0.4, 0.5) is 0 Å². The first-order valence-electron chi connectivity index (χ1n) is 6.05. The summed E-state index contributed by atoms with van der Waals surface area (Å²) >= 11 is 0. The Morgan fingerprint density at radius 1 is 1.12 bits per heavy atom.